The smallest absolute Gasteiger partial charge is 0.253 e. The minimum absolute atomic E-state index is 0.0153. The molecular weight excluding hydrogens is 386 g/mol. The first-order valence-electron chi connectivity index (χ1n) is 10.2. The number of ether oxygens (including phenoxy) is 1. The Morgan fingerprint density at radius 1 is 1.03 bits per heavy atom. The average Bonchev–Trinajstić information content (AvgIpc) is 2.73. The molecule has 3 rings (SSSR count). The van der Waals surface area contributed by atoms with Crippen molar-refractivity contribution in [1.29, 1.82) is 0 Å². The van der Waals surface area contributed by atoms with Crippen molar-refractivity contribution >= 4 is 21.4 Å². The first-order valence-corrected chi connectivity index (χ1v) is 11.9. The van der Waals surface area contributed by atoms with Gasteiger partial charge in [0.2, 0.25) is 0 Å². The van der Waals surface area contributed by atoms with E-state index >= 15 is 0 Å². The molecule has 29 heavy (non-hydrogen) atoms. The molecule has 1 N–H and O–H groups in total. The van der Waals surface area contributed by atoms with Crippen molar-refractivity contribution in [2.24, 2.45) is 0 Å². The maximum Gasteiger partial charge on any atom is 0.253 e. The lowest BCUT2D eigenvalue weighted by Crippen LogP contribution is -2.28. The van der Waals surface area contributed by atoms with E-state index in [1.165, 1.54) is 0 Å². The van der Waals surface area contributed by atoms with E-state index in [2.05, 4.69) is 5.32 Å². The number of anilines is 1. The van der Waals surface area contributed by atoms with Gasteiger partial charge in [-0.05, 0) is 43.0 Å². The van der Waals surface area contributed by atoms with Crippen LogP contribution in [0, 0.1) is 0 Å². The van der Waals surface area contributed by atoms with E-state index in [1.54, 1.807) is 31.2 Å². The normalized spacial score (nSPS) is 16.3. The highest BCUT2D eigenvalue weighted by atomic mass is 32.2. The molecule has 0 aliphatic heterocycles. The number of carbonyl (C=O) groups excluding carboxylic acids is 1. The summed E-state index contributed by atoms with van der Waals surface area (Å²) < 4.78 is 31.1. The number of sulfone groups is 1. The molecule has 1 amide bonds. The molecule has 0 spiro atoms. The number of benzene rings is 2. The minimum Gasteiger partial charge on any atom is -0.364 e. The highest BCUT2D eigenvalue weighted by Gasteiger charge is 2.27. The minimum atomic E-state index is -3.17. The summed E-state index contributed by atoms with van der Waals surface area (Å²) in [5, 5.41) is 2.59. The van der Waals surface area contributed by atoms with Crippen LogP contribution in [-0.4, -0.2) is 25.7 Å². The number of hydrogen-bond donors (Lipinski definition) is 1. The standard InChI is InChI=1S/C23H29NO4S/c1-18(28-16-19-9-4-2-5-10-19)23(25)24-21-12-8-11-20(15-21)17-29(26,27)22-13-6-3-7-14-22/h2,4-5,8-12,15,18,22H,3,6-7,13-14,16-17H2,1H3,(H,24,25). The zero-order chi connectivity index (χ0) is 20.7. The summed E-state index contributed by atoms with van der Waals surface area (Å²) in [5.41, 5.74) is 2.29. The van der Waals surface area contributed by atoms with Crippen LogP contribution in [0.3, 0.4) is 0 Å². The molecule has 1 unspecified atom stereocenters. The molecular formula is C23H29NO4S. The topological polar surface area (TPSA) is 72.5 Å². The fourth-order valence-electron chi connectivity index (χ4n) is 3.63. The first kappa shape index (κ1) is 21.5. The Labute approximate surface area is 173 Å². The maximum absolute atomic E-state index is 12.7. The Morgan fingerprint density at radius 2 is 1.72 bits per heavy atom. The molecule has 5 nitrogen and oxygen atoms in total. The van der Waals surface area contributed by atoms with Gasteiger partial charge in [0.1, 0.15) is 6.10 Å². The summed E-state index contributed by atoms with van der Waals surface area (Å²) in [5.74, 6) is -0.241. The quantitative estimate of drug-likeness (QED) is 0.690. The van der Waals surface area contributed by atoms with E-state index in [1.807, 2.05) is 30.3 Å². The third-order valence-corrected chi connectivity index (χ3v) is 7.56. The van der Waals surface area contributed by atoms with E-state index in [0.29, 0.717) is 17.9 Å². The van der Waals surface area contributed by atoms with E-state index in [-0.39, 0.29) is 16.9 Å². The zero-order valence-corrected chi connectivity index (χ0v) is 17.7. The molecule has 1 fully saturated rings. The average molecular weight is 416 g/mol. The lowest BCUT2D eigenvalue weighted by atomic mass is 10.0. The van der Waals surface area contributed by atoms with Gasteiger partial charge < -0.3 is 10.1 Å². The van der Waals surface area contributed by atoms with Crippen LogP contribution < -0.4 is 5.32 Å². The molecule has 1 atom stereocenters. The van der Waals surface area contributed by atoms with E-state index < -0.39 is 15.9 Å². The van der Waals surface area contributed by atoms with Crippen molar-refractivity contribution in [3.63, 3.8) is 0 Å². The molecule has 0 radical (unpaired) electrons. The van der Waals surface area contributed by atoms with E-state index in [4.69, 9.17) is 4.74 Å². The maximum atomic E-state index is 12.7. The summed E-state index contributed by atoms with van der Waals surface area (Å²) in [7, 11) is -3.17. The lowest BCUT2D eigenvalue weighted by molar-refractivity contribution is -0.127. The van der Waals surface area contributed by atoms with Gasteiger partial charge in [-0.25, -0.2) is 8.42 Å². The fourth-order valence-corrected chi connectivity index (χ4v) is 5.56. The second-order valence-electron chi connectivity index (χ2n) is 7.70. The molecule has 0 heterocycles. The molecule has 0 bridgehead atoms. The van der Waals surface area contributed by atoms with Crippen molar-refractivity contribution < 1.29 is 17.9 Å². The van der Waals surface area contributed by atoms with Gasteiger partial charge in [-0.2, -0.15) is 0 Å². The molecule has 156 valence electrons. The number of amides is 1. The third-order valence-electron chi connectivity index (χ3n) is 5.33. The van der Waals surface area contributed by atoms with Crippen LogP contribution in [0.15, 0.2) is 54.6 Å². The fraction of sp³-hybridized carbons (Fsp3) is 0.435. The van der Waals surface area contributed by atoms with Crippen LogP contribution in [0.4, 0.5) is 5.69 Å². The van der Waals surface area contributed by atoms with Gasteiger partial charge in [0.15, 0.2) is 9.84 Å². The van der Waals surface area contributed by atoms with Gasteiger partial charge in [0.05, 0.1) is 17.6 Å². The summed E-state index contributed by atoms with van der Waals surface area (Å²) in [6.45, 7) is 2.06. The molecule has 6 heteroatoms. The predicted molar refractivity (Wildman–Crippen MR) is 115 cm³/mol. The van der Waals surface area contributed by atoms with Gasteiger partial charge in [-0.3, -0.25) is 4.79 Å². The molecule has 2 aromatic carbocycles. The van der Waals surface area contributed by atoms with Gasteiger partial charge in [0.25, 0.3) is 5.91 Å². The number of nitrogens with one attached hydrogen (secondary N) is 1. The Kier molecular flexibility index (Phi) is 7.45. The highest BCUT2D eigenvalue weighted by Crippen LogP contribution is 2.26. The molecule has 0 saturated heterocycles. The molecule has 1 saturated carbocycles. The lowest BCUT2D eigenvalue weighted by Gasteiger charge is -2.22. The summed E-state index contributed by atoms with van der Waals surface area (Å²) in [6.07, 6.45) is 3.99. The number of hydrogen-bond acceptors (Lipinski definition) is 4. The largest absolute Gasteiger partial charge is 0.364 e. The van der Waals surface area contributed by atoms with Crippen LogP contribution in [0.25, 0.3) is 0 Å². The summed E-state index contributed by atoms with van der Waals surface area (Å²) in [6, 6.07) is 16.7. The van der Waals surface area contributed by atoms with Crippen LogP contribution >= 0.6 is 0 Å². The monoisotopic (exact) mass is 415 g/mol. The van der Waals surface area contributed by atoms with Crippen molar-refractivity contribution in [1.82, 2.24) is 0 Å². The van der Waals surface area contributed by atoms with Gasteiger partial charge in [0, 0.05) is 5.69 Å². The SMILES string of the molecule is CC(OCc1ccccc1)C(=O)Nc1cccc(CS(=O)(=O)C2CCCCC2)c1. The predicted octanol–water partition coefficient (Wildman–Crippen LogP) is 4.48. The molecule has 0 aromatic heterocycles. The van der Waals surface area contributed by atoms with Crippen molar-refractivity contribution in [3.8, 4) is 0 Å². The van der Waals surface area contributed by atoms with Crippen LogP contribution in [0.2, 0.25) is 0 Å². The summed E-state index contributed by atoms with van der Waals surface area (Å²) in [4.78, 5) is 12.4. The van der Waals surface area contributed by atoms with Crippen molar-refractivity contribution in [3.05, 3.63) is 65.7 Å². The second-order valence-corrected chi connectivity index (χ2v) is 9.98. The van der Waals surface area contributed by atoms with Gasteiger partial charge >= 0.3 is 0 Å². The first-order chi connectivity index (χ1) is 13.9. The zero-order valence-electron chi connectivity index (χ0n) is 16.8. The Balaban J connectivity index is 1.56. The molecule has 2 aromatic rings. The van der Waals surface area contributed by atoms with E-state index in [9.17, 15) is 13.2 Å². The molecule has 1 aliphatic carbocycles. The van der Waals surface area contributed by atoms with Crippen LogP contribution in [0.1, 0.15) is 50.2 Å². The number of rotatable bonds is 8. The van der Waals surface area contributed by atoms with Gasteiger partial charge in [-0.1, -0.05) is 61.7 Å². The van der Waals surface area contributed by atoms with Crippen LogP contribution in [0.5, 0.6) is 0 Å². The summed E-state index contributed by atoms with van der Waals surface area (Å²) >= 11 is 0. The van der Waals surface area contributed by atoms with E-state index in [0.717, 1.165) is 37.7 Å². The van der Waals surface area contributed by atoms with Gasteiger partial charge in [-0.15, -0.1) is 0 Å². The van der Waals surface area contributed by atoms with Crippen molar-refractivity contribution in [2.45, 2.75) is 62.7 Å². The second kappa shape index (κ2) is 10.0. The van der Waals surface area contributed by atoms with Crippen molar-refractivity contribution in [2.75, 3.05) is 5.32 Å². The Bertz CT molecular complexity index is 905. The highest BCUT2D eigenvalue weighted by molar-refractivity contribution is 7.91. The Morgan fingerprint density at radius 3 is 2.45 bits per heavy atom. The number of carbonyl (C=O) groups is 1. The van der Waals surface area contributed by atoms with Crippen LogP contribution in [-0.2, 0) is 31.7 Å². The molecule has 1 aliphatic rings. The Hall–Kier alpha value is -2.18. The third kappa shape index (κ3) is 6.41.